The zero-order valence-electron chi connectivity index (χ0n) is 20.5. The fourth-order valence-corrected chi connectivity index (χ4v) is 4.33. The molecule has 0 bridgehead atoms. The molecule has 2 aromatic carbocycles. The summed E-state index contributed by atoms with van der Waals surface area (Å²) in [6.45, 7) is 6.17. The van der Waals surface area contributed by atoms with Crippen LogP contribution in [0.25, 0.3) is 0 Å². The Labute approximate surface area is 207 Å². The van der Waals surface area contributed by atoms with Gasteiger partial charge in [0.1, 0.15) is 5.76 Å². The van der Waals surface area contributed by atoms with Crippen molar-refractivity contribution in [3.05, 3.63) is 81.7 Å². The highest BCUT2D eigenvalue weighted by Crippen LogP contribution is 2.34. The molecule has 1 saturated heterocycles. The Balaban J connectivity index is 1.57. The molecule has 3 aromatic rings. The van der Waals surface area contributed by atoms with Crippen LogP contribution in [0.15, 0.2) is 47.1 Å². The molecule has 0 spiro atoms. The number of nitrogens with zero attached hydrogens (tertiary/aromatic N) is 3. The minimum atomic E-state index is -4.56. The Morgan fingerprint density at radius 3 is 2.33 bits per heavy atom. The van der Waals surface area contributed by atoms with Gasteiger partial charge in [-0.2, -0.15) is 13.2 Å². The summed E-state index contributed by atoms with van der Waals surface area (Å²) in [5.41, 5.74) is 2.25. The fourth-order valence-electron chi connectivity index (χ4n) is 4.33. The lowest BCUT2D eigenvalue weighted by atomic mass is 9.94. The summed E-state index contributed by atoms with van der Waals surface area (Å²) in [6, 6.07) is 8.94. The summed E-state index contributed by atoms with van der Waals surface area (Å²) in [7, 11) is 1.97. The molecular weight excluding hydrogens is 471 g/mol. The van der Waals surface area contributed by atoms with Crippen LogP contribution in [0.3, 0.4) is 0 Å². The van der Waals surface area contributed by atoms with Crippen LogP contribution in [0.5, 0.6) is 0 Å². The molecule has 0 N–H and O–H groups in total. The third-order valence-electron chi connectivity index (χ3n) is 6.62. The summed E-state index contributed by atoms with van der Waals surface area (Å²) in [5.74, 6) is -0.132. The molecule has 0 atom stereocenters. The third kappa shape index (κ3) is 5.84. The lowest BCUT2D eigenvalue weighted by Gasteiger charge is -2.34. The maximum absolute atomic E-state index is 13.7. The van der Waals surface area contributed by atoms with E-state index in [1.807, 2.05) is 24.9 Å². The number of rotatable bonds is 7. The molecular formula is C27H28F3N3O3. The van der Waals surface area contributed by atoms with Crippen molar-refractivity contribution in [2.45, 2.75) is 32.9 Å². The number of aromatic nitrogens is 1. The van der Waals surface area contributed by atoms with E-state index < -0.39 is 17.5 Å². The monoisotopic (exact) mass is 499 g/mol. The van der Waals surface area contributed by atoms with Crippen LogP contribution in [-0.4, -0.2) is 54.8 Å². The van der Waals surface area contributed by atoms with Gasteiger partial charge >= 0.3 is 6.18 Å². The molecule has 1 aromatic heterocycles. The summed E-state index contributed by atoms with van der Waals surface area (Å²) in [6.07, 6.45) is -3.15. The highest BCUT2D eigenvalue weighted by molar-refractivity contribution is 5.99. The summed E-state index contributed by atoms with van der Waals surface area (Å²) >= 11 is 0. The van der Waals surface area contributed by atoms with Gasteiger partial charge in [-0.3, -0.25) is 9.59 Å². The summed E-state index contributed by atoms with van der Waals surface area (Å²) in [4.78, 5) is 29.8. The first kappa shape index (κ1) is 25.6. The Bertz CT molecular complexity index is 1270. The molecule has 6 nitrogen and oxygen atoms in total. The molecule has 2 heterocycles. The van der Waals surface area contributed by atoms with Gasteiger partial charge in [0.15, 0.2) is 11.6 Å². The molecule has 1 aliphatic rings. The van der Waals surface area contributed by atoms with Crippen LogP contribution in [0.2, 0.25) is 0 Å². The lowest BCUT2D eigenvalue weighted by molar-refractivity contribution is -0.137. The van der Waals surface area contributed by atoms with E-state index in [2.05, 4.69) is 10.1 Å². The number of hydrogen-bond donors (Lipinski definition) is 0. The van der Waals surface area contributed by atoms with Crippen LogP contribution in [-0.2, 0) is 19.0 Å². The Morgan fingerprint density at radius 1 is 0.972 bits per heavy atom. The number of halogens is 3. The van der Waals surface area contributed by atoms with Gasteiger partial charge < -0.3 is 14.3 Å². The predicted octanol–water partition coefficient (Wildman–Crippen LogP) is 4.91. The first-order valence-electron chi connectivity index (χ1n) is 11.7. The molecule has 4 rings (SSSR count). The largest absolute Gasteiger partial charge is 0.416 e. The maximum Gasteiger partial charge on any atom is 0.416 e. The van der Waals surface area contributed by atoms with Crippen molar-refractivity contribution >= 4 is 17.3 Å². The molecule has 0 radical (unpaired) electrons. The number of aryl methyl sites for hydroxylation is 2. The molecule has 1 aliphatic heterocycles. The molecule has 0 aliphatic carbocycles. The van der Waals surface area contributed by atoms with Crippen molar-refractivity contribution in [1.29, 1.82) is 0 Å². The number of carbonyl (C=O) groups excluding carboxylic acids is 2. The molecule has 9 heteroatoms. The van der Waals surface area contributed by atoms with E-state index >= 15 is 0 Å². The minimum Gasteiger partial charge on any atom is -0.369 e. The van der Waals surface area contributed by atoms with Gasteiger partial charge in [0, 0.05) is 50.3 Å². The van der Waals surface area contributed by atoms with Crippen LogP contribution in [0, 0.1) is 13.8 Å². The number of piperazine rings is 1. The highest BCUT2D eigenvalue weighted by atomic mass is 19.4. The lowest BCUT2D eigenvalue weighted by Crippen LogP contribution is -2.44. The van der Waals surface area contributed by atoms with Crippen molar-refractivity contribution in [2.24, 2.45) is 0 Å². The standard InChI is InChI=1S/C27H28F3N3O3/c1-17-4-5-19(10-20(17)14-26(35)24-16-31-36-18(24)2)11-25(34)21-12-22(27(28,29)30)15-23(13-21)33-8-6-32(3)7-9-33/h4-5,10,12-13,15-16H,6-9,11,14H2,1-3H3. The quantitative estimate of drug-likeness (QED) is 0.431. The Kier molecular flexibility index (Phi) is 7.31. The molecule has 0 unspecified atom stereocenters. The average molecular weight is 500 g/mol. The van der Waals surface area contributed by atoms with Gasteiger partial charge in [0.25, 0.3) is 0 Å². The second-order valence-corrected chi connectivity index (χ2v) is 9.31. The molecule has 1 fully saturated rings. The second kappa shape index (κ2) is 10.3. The van der Waals surface area contributed by atoms with Gasteiger partial charge in [-0.1, -0.05) is 23.4 Å². The van der Waals surface area contributed by atoms with E-state index in [0.29, 0.717) is 35.7 Å². The zero-order chi connectivity index (χ0) is 26.0. The zero-order valence-corrected chi connectivity index (χ0v) is 20.5. The normalized spacial score (nSPS) is 14.8. The van der Waals surface area contributed by atoms with E-state index in [-0.39, 0.29) is 24.2 Å². The van der Waals surface area contributed by atoms with Crippen molar-refractivity contribution in [1.82, 2.24) is 10.1 Å². The number of likely N-dealkylation sites (N-methyl/N-ethyl adjacent to an activating group) is 1. The van der Waals surface area contributed by atoms with E-state index in [1.165, 1.54) is 6.20 Å². The first-order chi connectivity index (χ1) is 17.0. The predicted molar refractivity (Wildman–Crippen MR) is 130 cm³/mol. The second-order valence-electron chi connectivity index (χ2n) is 9.31. The number of carbonyl (C=O) groups is 2. The number of anilines is 1. The van der Waals surface area contributed by atoms with Crippen molar-refractivity contribution in [3.63, 3.8) is 0 Å². The molecule has 36 heavy (non-hydrogen) atoms. The minimum absolute atomic E-state index is 0.0250. The van der Waals surface area contributed by atoms with Crippen molar-refractivity contribution in [3.8, 4) is 0 Å². The average Bonchev–Trinajstić information content (AvgIpc) is 3.26. The highest BCUT2D eigenvalue weighted by Gasteiger charge is 2.32. The van der Waals surface area contributed by atoms with Crippen LogP contribution in [0.1, 0.15) is 48.7 Å². The van der Waals surface area contributed by atoms with Gasteiger partial charge in [0.2, 0.25) is 0 Å². The first-order valence-corrected chi connectivity index (χ1v) is 11.7. The Morgan fingerprint density at radius 2 is 1.69 bits per heavy atom. The topological polar surface area (TPSA) is 66.7 Å². The SMILES string of the molecule is Cc1ccc(CC(=O)c2cc(N3CCN(C)CC3)cc(C(F)(F)F)c2)cc1CC(=O)c1cnoc1C. The van der Waals surface area contributed by atoms with E-state index in [0.717, 1.165) is 36.3 Å². The van der Waals surface area contributed by atoms with Crippen LogP contribution >= 0.6 is 0 Å². The molecule has 0 saturated carbocycles. The van der Waals surface area contributed by atoms with Crippen LogP contribution in [0.4, 0.5) is 18.9 Å². The van der Waals surface area contributed by atoms with E-state index in [1.54, 1.807) is 25.1 Å². The van der Waals surface area contributed by atoms with E-state index in [4.69, 9.17) is 4.52 Å². The van der Waals surface area contributed by atoms with Gasteiger partial charge in [-0.25, -0.2) is 0 Å². The summed E-state index contributed by atoms with van der Waals surface area (Å²) in [5, 5.41) is 3.64. The van der Waals surface area contributed by atoms with Crippen molar-refractivity contribution < 1.29 is 27.3 Å². The Hall–Kier alpha value is -3.46. The van der Waals surface area contributed by atoms with Gasteiger partial charge in [-0.05, 0) is 55.8 Å². The number of Topliss-reactive ketones (excluding diaryl/α,β-unsaturated/α-hetero) is 2. The number of ketones is 2. The molecule has 0 amide bonds. The number of benzene rings is 2. The smallest absolute Gasteiger partial charge is 0.369 e. The van der Waals surface area contributed by atoms with Gasteiger partial charge in [0.05, 0.1) is 17.3 Å². The maximum atomic E-state index is 13.7. The number of alkyl halides is 3. The third-order valence-corrected chi connectivity index (χ3v) is 6.62. The van der Waals surface area contributed by atoms with Crippen LogP contribution < -0.4 is 4.90 Å². The fraction of sp³-hybridized carbons (Fsp3) is 0.370. The van der Waals surface area contributed by atoms with Gasteiger partial charge in [-0.15, -0.1) is 0 Å². The molecule has 190 valence electrons. The summed E-state index contributed by atoms with van der Waals surface area (Å²) < 4.78 is 45.9. The van der Waals surface area contributed by atoms with Crippen molar-refractivity contribution in [2.75, 3.05) is 38.1 Å². The number of hydrogen-bond acceptors (Lipinski definition) is 6. The van der Waals surface area contributed by atoms with E-state index in [9.17, 15) is 22.8 Å².